The highest BCUT2D eigenvalue weighted by atomic mass is 35.5. The van der Waals surface area contributed by atoms with E-state index in [-0.39, 0.29) is 11.8 Å². The summed E-state index contributed by atoms with van der Waals surface area (Å²) in [5, 5.41) is 3.20. The van der Waals surface area contributed by atoms with Crippen LogP contribution in [-0.4, -0.2) is 41.9 Å². The lowest BCUT2D eigenvalue weighted by molar-refractivity contribution is 0.0712. The van der Waals surface area contributed by atoms with Gasteiger partial charge in [0.25, 0.3) is 11.8 Å². The van der Waals surface area contributed by atoms with Gasteiger partial charge in [0.2, 0.25) is 0 Å². The van der Waals surface area contributed by atoms with Gasteiger partial charge in [0.1, 0.15) is 10.9 Å². The minimum absolute atomic E-state index is 0.0214. The van der Waals surface area contributed by atoms with Crippen LogP contribution in [-0.2, 0) is 0 Å². The normalized spacial score (nSPS) is 14.1. The summed E-state index contributed by atoms with van der Waals surface area (Å²) >= 11 is 5.80. The number of ether oxygens (including phenoxy) is 1. The van der Waals surface area contributed by atoms with Gasteiger partial charge in [0.05, 0.1) is 12.7 Å². The van der Waals surface area contributed by atoms with Crippen LogP contribution in [0.2, 0.25) is 5.15 Å². The van der Waals surface area contributed by atoms with Gasteiger partial charge in [-0.1, -0.05) is 29.8 Å². The highest BCUT2D eigenvalue weighted by Crippen LogP contribution is 2.30. The number of carbonyl (C=O) groups excluding carboxylic acids is 2. The molecule has 2 heterocycles. The van der Waals surface area contributed by atoms with Crippen molar-refractivity contribution >= 4 is 29.1 Å². The Balaban J connectivity index is 1.41. The molecule has 0 unspecified atom stereocenters. The highest BCUT2D eigenvalue weighted by Gasteiger charge is 2.25. The van der Waals surface area contributed by atoms with Crippen LogP contribution in [0.5, 0.6) is 5.75 Å². The molecule has 2 amide bonds. The molecule has 0 spiro atoms. The van der Waals surface area contributed by atoms with Crippen molar-refractivity contribution in [3.05, 3.63) is 88.2 Å². The molecule has 0 atom stereocenters. The number of nitrogens with zero attached hydrogens (tertiary/aromatic N) is 2. The van der Waals surface area contributed by atoms with Gasteiger partial charge in [-0.05, 0) is 73.2 Å². The molecule has 1 saturated heterocycles. The molecule has 1 aliphatic heterocycles. The zero-order valence-corrected chi connectivity index (χ0v) is 19.4. The average molecular weight is 464 g/mol. The minimum atomic E-state index is -0.299. The summed E-state index contributed by atoms with van der Waals surface area (Å²) in [5.41, 5.74) is 3.72. The second-order valence-corrected chi connectivity index (χ2v) is 8.58. The number of aromatic nitrogens is 1. The Morgan fingerprint density at radius 3 is 2.36 bits per heavy atom. The highest BCUT2D eigenvalue weighted by molar-refractivity contribution is 6.29. The standard InChI is InChI=1S/C26H26ClN3O3/c1-17-3-4-20(15-23(17)29-25(31)21-7-10-24(27)28-16-21)26(32)30-13-11-19(12-14-30)18-5-8-22(33-2)9-6-18/h3-10,15-16,19H,11-14H2,1-2H3,(H,29,31). The summed E-state index contributed by atoms with van der Waals surface area (Å²) in [5.74, 6) is 0.959. The summed E-state index contributed by atoms with van der Waals surface area (Å²) in [6.07, 6.45) is 3.25. The van der Waals surface area contributed by atoms with Crippen molar-refractivity contribution in [3.63, 3.8) is 0 Å². The predicted octanol–water partition coefficient (Wildman–Crippen LogP) is 5.32. The van der Waals surface area contributed by atoms with Gasteiger partial charge in [-0.3, -0.25) is 9.59 Å². The Labute approximate surface area is 198 Å². The zero-order chi connectivity index (χ0) is 23.4. The maximum absolute atomic E-state index is 13.2. The first-order valence-electron chi connectivity index (χ1n) is 10.9. The molecule has 4 rings (SSSR count). The van der Waals surface area contributed by atoms with Crippen molar-refractivity contribution < 1.29 is 14.3 Å². The van der Waals surface area contributed by atoms with Gasteiger partial charge in [-0.15, -0.1) is 0 Å². The van der Waals surface area contributed by atoms with Gasteiger partial charge in [0.15, 0.2) is 0 Å². The van der Waals surface area contributed by atoms with Crippen molar-refractivity contribution in [2.75, 3.05) is 25.5 Å². The SMILES string of the molecule is COc1ccc(C2CCN(C(=O)c3ccc(C)c(NC(=O)c4ccc(Cl)nc4)c3)CC2)cc1. The Morgan fingerprint density at radius 1 is 1.03 bits per heavy atom. The van der Waals surface area contributed by atoms with Gasteiger partial charge in [-0.2, -0.15) is 0 Å². The molecule has 6 nitrogen and oxygen atoms in total. The number of carbonyl (C=O) groups is 2. The second kappa shape index (κ2) is 10.0. The lowest BCUT2D eigenvalue weighted by Crippen LogP contribution is -2.38. The van der Waals surface area contributed by atoms with Crippen LogP contribution in [0.3, 0.4) is 0 Å². The third-order valence-electron chi connectivity index (χ3n) is 6.09. The molecule has 1 fully saturated rings. The van der Waals surface area contributed by atoms with E-state index in [1.807, 2.05) is 36.1 Å². The maximum atomic E-state index is 13.2. The average Bonchev–Trinajstić information content (AvgIpc) is 2.85. The Hall–Kier alpha value is -3.38. The monoisotopic (exact) mass is 463 g/mol. The summed E-state index contributed by atoms with van der Waals surface area (Å²) in [6, 6.07) is 16.8. The first-order chi connectivity index (χ1) is 15.9. The number of rotatable bonds is 5. The molecule has 2 aromatic carbocycles. The molecule has 0 aliphatic carbocycles. The molecular formula is C26H26ClN3O3. The molecule has 1 N–H and O–H groups in total. The number of hydrogen-bond acceptors (Lipinski definition) is 4. The lowest BCUT2D eigenvalue weighted by atomic mass is 9.89. The van der Waals surface area contributed by atoms with Crippen LogP contribution < -0.4 is 10.1 Å². The number of anilines is 1. The minimum Gasteiger partial charge on any atom is -0.497 e. The smallest absolute Gasteiger partial charge is 0.257 e. The molecule has 0 bridgehead atoms. The predicted molar refractivity (Wildman–Crippen MR) is 129 cm³/mol. The number of likely N-dealkylation sites (tertiary alicyclic amines) is 1. The fourth-order valence-corrected chi connectivity index (χ4v) is 4.18. The molecule has 3 aromatic rings. The van der Waals surface area contributed by atoms with Crippen molar-refractivity contribution in [1.29, 1.82) is 0 Å². The largest absolute Gasteiger partial charge is 0.497 e. The van der Waals surface area contributed by atoms with Crippen molar-refractivity contribution in [2.24, 2.45) is 0 Å². The summed E-state index contributed by atoms with van der Waals surface area (Å²) in [6.45, 7) is 3.29. The molecule has 0 saturated carbocycles. The maximum Gasteiger partial charge on any atom is 0.257 e. The third-order valence-corrected chi connectivity index (χ3v) is 6.32. The summed E-state index contributed by atoms with van der Waals surface area (Å²) in [4.78, 5) is 31.6. The van der Waals surface area contributed by atoms with Crippen molar-refractivity contribution in [2.45, 2.75) is 25.7 Å². The molecule has 0 radical (unpaired) electrons. The van der Waals surface area contributed by atoms with E-state index in [2.05, 4.69) is 22.4 Å². The number of pyridine rings is 1. The number of hydrogen-bond donors (Lipinski definition) is 1. The van der Waals surface area contributed by atoms with E-state index in [9.17, 15) is 9.59 Å². The number of benzene rings is 2. The molecular weight excluding hydrogens is 438 g/mol. The van der Waals surface area contributed by atoms with Gasteiger partial charge in [0, 0.05) is 30.5 Å². The lowest BCUT2D eigenvalue weighted by Gasteiger charge is -2.32. The Morgan fingerprint density at radius 2 is 1.73 bits per heavy atom. The van der Waals surface area contributed by atoms with Crippen LogP contribution in [0.15, 0.2) is 60.8 Å². The molecule has 1 aromatic heterocycles. The fraction of sp³-hybridized carbons (Fsp3) is 0.269. The van der Waals surface area contributed by atoms with Gasteiger partial charge in [-0.25, -0.2) is 4.98 Å². The fourth-order valence-electron chi connectivity index (χ4n) is 4.07. The quantitative estimate of drug-likeness (QED) is 0.519. The van der Waals surface area contributed by atoms with Crippen LogP contribution in [0.1, 0.15) is 50.6 Å². The van der Waals surface area contributed by atoms with E-state index in [0.29, 0.717) is 41.0 Å². The molecule has 33 heavy (non-hydrogen) atoms. The number of aryl methyl sites for hydroxylation is 1. The third kappa shape index (κ3) is 5.34. The number of nitrogens with one attached hydrogen (secondary N) is 1. The van der Waals surface area contributed by atoms with Gasteiger partial charge >= 0.3 is 0 Å². The number of halogens is 1. The number of amides is 2. The van der Waals surface area contributed by atoms with E-state index in [4.69, 9.17) is 16.3 Å². The molecule has 7 heteroatoms. The van der Waals surface area contributed by atoms with E-state index < -0.39 is 0 Å². The Kier molecular flexibility index (Phi) is 6.94. The van der Waals surface area contributed by atoms with Crippen LogP contribution in [0.4, 0.5) is 5.69 Å². The first kappa shape index (κ1) is 22.8. The second-order valence-electron chi connectivity index (χ2n) is 8.19. The van der Waals surface area contributed by atoms with Crippen LogP contribution in [0, 0.1) is 6.92 Å². The van der Waals surface area contributed by atoms with E-state index >= 15 is 0 Å². The topological polar surface area (TPSA) is 71.5 Å². The number of piperidine rings is 1. The summed E-state index contributed by atoms with van der Waals surface area (Å²) in [7, 11) is 1.66. The number of methoxy groups -OCH3 is 1. The van der Waals surface area contributed by atoms with Crippen molar-refractivity contribution in [1.82, 2.24) is 9.88 Å². The zero-order valence-electron chi connectivity index (χ0n) is 18.7. The Bertz CT molecular complexity index is 1140. The van der Waals surface area contributed by atoms with Crippen molar-refractivity contribution in [3.8, 4) is 5.75 Å². The summed E-state index contributed by atoms with van der Waals surface area (Å²) < 4.78 is 5.24. The van der Waals surface area contributed by atoms with Gasteiger partial charge < -0.3 is 15.0 Å². The molecule has 170 valence electrons. The molecule has 1 aliphatic rings. The van der Waals surface area contributed by atoms with E-state index in [1.165, 1.54) is 11.8 Å². The van der Waals surface area contributed by atoms with Crippen LogP contribution in [0.25, 0.3) is 0 Å². The van der Waals surface area contributed by atoms with E-state index in [1.54, 1.807) is 25.3 Å². The first-order valence-corrected chi connectivity index (χ1v) is 11.3. The van der Waals surface area contributed by atoms with E-state index in [0.717, 1.165) is 24.2 Å². The van der Waals surface area contributed by atoms with Crippen LogP contribution >= 0.6 is 11.6 Å².